The summed E-state index contributed by atoms with van der Waals surface area (Å²) in [4.78, 5) is 25.6. The molecule has 4 rings (SSSR count). The van der Waals surface area contributed by atoms with Crippen LogP contribution in [0.15, 0.2) is 47.8 Å². The first-order valence-corrected chi connectivity index (χ1v) is 9.76. The molecule has 10 heteroatoms. The summed E-state index contributed by atoms with van der Waals surface area (Å²) in [7, 11) is 4.03. The number of hydrogen-bond acceptors (Lipinski definition) is 8. The fourth-order valence-corrected chi connectivity index (χ4v) is 3.38. The first kappa shape index (κ1) is 20.0. The maximum atomic E-state index is 13.1. The molecule has 0 spiro atoms. The van der Waals surface area contributed by atoms with Crippen molar-refractivity contribution in [1.29, 1.82) is 0 Å². The van der Waals surface area contributed by atoms with Crippen LogP contribution in [0.25, 0.3) is 0 Å². The second-order valence-electron chi connectivity index (χ2n) is 7.51. The molecule has 2 aromatic rings. The summed E-state index contributed by atoms with van der Waals surface area (Å²) in [5.41, 5.74) is 8.70. The quantitative estimate of drug-likeness (QED) is 0.523. The number of anilines is 2. The van der Waals surface area contributed by atoms with Crippen LogP contribution >= 0.6 is 0 Å². The predicted molar refractivity (Wildman–Crippen MR) is 112 cm³/mol. The van der Waals surface area contributed by atoms with Crippen LogP contribution in [0.3, 0.4) is 0 Å². The van der Waals surface area contributed by atoms with Crippen LogP contribution in [0, 0.1) is 5.82 Å². The molecule has 1 atom stereocenters. The first-order chi connectivity index (χ1) is 14.5. The summed E-state index contributed by atoms with van der Waals surface area (Å²) in [5.74, 6) is 0.769. The van der Waals surface area contributed by atoms with Crippen molar-refractivity contribution in [1.82, 2.24) is 31.0 Å². The summed E-state index contributed by atoms with van der Waals surface area (Å²) >= 11 is 0. The van der Waals surface area contributed by atoms with E-state index in [1.807, 2.05) is 20.2 Å². The molecule has 2 aliphatic heterocycles. The number of carbonyl (C=O) groups excluding carboxylic acids is 1. The molecule has 1 aromatic heterocycles. The van der Waals surface area contributed by atoms with Crippen molar-refractivity contribution in [2.75, 3.05) is 50.5 Å². The second kappa shape index (κ2) is 8.64. The summed E-state index contributed by atoms with van der Waals surface area (Å²) in [6.45, 7) is 2.92. The molecule has 9 nitrogen and oxygen atoms in total. The fraction of sp³-hybridized carbons (Fsp3) is 0.350. The molecule has 1 amide bonds. The van der Waals surface area contributed by atoms with Crippen LogP contribution in [0.2, 0.25) is 0 Å². The lowest BCUT2D eigenvalue weighted by molar-refractivity contribution is 0.0936. The summed E-state index contributed by atoms with van der Waals surface area (Å²) < 4.78 is 13.1. The number of nitrogens with one attached hydrogen (secondary N) is 4. The maximum Gasteiger partial charge on any atom is 0.252 e. The highest BCUT2D eigenvalue weighted by Crippen LogP contribution is 2.26. The molecule has 1 aromatic carbocycles. The average molecular weight is 412 g/mol. The second-order valence-corrected chi connectivity index (χ2v) is 7.51. The van der Waals surface area contributed by atoms with Gasteiger partial charge in [-0.2, -0.15) is 4.98 Å². The van der Waals surface area contributed by atoms with Gasteiger partial charge in [0.1, 0.15) is 17.8 Å². The van der Waals surface area contributed by atoms with Crippen LogP contribution in [0.1, 0.15) is 10.4 Å². The van der Waals surface area contributed by atoms with E-state index in [0.717, 1.165) is 30.2 Å². The van der Waals surface area contributed by atoms with Gasteiger partial charge in [-0.15, -0.1) is 0 Å². The van der Waals surface area contributed by atoms with Gasteiger partial charge in [0.2, 0.25) is 5.95 Å². The molecule has 0 saturated carbocycles. The third kappa shape index (κ3) is 4.50. The minimum Gasteiger partial charge on any atom is -0.353 e. The highest BCUT2D eigenvalue weighted by atomic mass is 19.1. The van der Waals surface area contributed by atoms with Gasteiger partial charge in [-0.3, -0.25) is 4.79 Å². The van der Waals surface area contributed by atoms with Crippen molar-refractivity contribution in [2.24, 2.45) is 0 Å². The lowest BCUT2D eigenvalue weighted by Crippen LogP contribution is -2.49. The number of nitrogens with zero attached hydrogens (tertiary/aromatic N) is 4. The third-order valence-electron chi connectivity index (χ3n) is 5.00. The number of hydrazine groups is 1. The van der Waals surface area contributed by atoms with Crippen molar-refractivity contribution < 1.29 is 9.18 Å². The molecular weight excluding hydrogens is 387 g/mol. The smallest absolute Gasteiger partial charge is 0.252 e. The van der Waals surface area contributed by atoms with Crippen molar-refractivity contribution in [3.05, 3.63) is 59.2 Å². The predicted octanol–water partition coefficient (Wildman–Crippen LogP) is 0.527. The number of hydrogen-bond donors (Lipinski definition) is 4. The van der Waals surface area contributed by atoms with Crippen molar-refractivity contribution in [3.8, 4) is 0 Å². The zero-order valence-corrected chi connectivity index (χ0v) is 16.9. The largest absolute Gasteiger partial charge is 0.353 e. The van der Waals surface area contributed by atoms with E-state index in [4.69, 9.17) is 0 Å². The van der Waals surface area contributed by atoms with Crippen molar-refractivity contribution in [2.45, 2.75) is 6.17 Å². The Bertz CT molecular complexity index is 946. The lowest BCUT2D eigenvalue weighted by Gasteiger charge is -2.23. The van der Waals surface area contributed by atoms with E-state index < -0.39 is 0 Å². The molecule has 0 bridgehead atoms. The van der Waals surface area contributed by atoms with Gasteiger partial charge in [-0.1, -0.05) is 0 Å². The first-order valence-electron chi connectivity index (χ1n) is 9.76. The van der Waals surface area contributed by atoms with E-state index in [1.165, 1.54) is 24.3 Å². The average Bonchev–Trinajstić information content (AvgIpc) is 3.30. The Kier molecular flexibility index (Phi) is 5.77. The Morgan fingerprint density at radius 1 is 1.27 bits per heavy atom. The number of benzene rings is 1. The van der Waals surface area contributed by atoms with E-state index in [1.54, 1.807) is 6.20 Å². The van der Waals surface area contributed by atoms with Gasteiger partial charge in [0.25, 0.3) is 5.91 Å². The Balaban J connectivity index is 1.37. The van der Waals surface area contributed by atoms with Crippen LogP contribution in [0.4, 0.5) is 16.2 Å². The van der Waals surface area contributed by atoms with E-state index >= 15 is 0 Å². The molecular formula is C20H25FN8O. The van der Waals surface area contributed by atoms with Crippen molar-refractivity contribution >= 4 is 17.7 Å². The number of rotatable bonds is 7. The third-order valence-corrected chi connectivity index (χ3v) is 5.00. The molecule has 2 aliphatic rings. The molecule has 1 unspecified atom stereocenters. The number of amides is 1. The Labute approximate surface area is 174 Å². The van der Waals surface area contributed by atoms with Gasteiger partial charge in [0, 0.05) is 37.0 Å². The lowest BCUT2D eigenvalue weighted by atomic mass is 10.1. The van der Waals surface area contributed by atoms with Crippen LogP contribution < -0.4 is 26.4 Å². The minimum atomic E-state index is -0.371. The highest BCUT2D eigenvalue weighted by molar-refractivity contribution is 5.94. The molecule has 4 N–H and O–H groups in total. The highest BCUT2D eigenvalue weighted by Gasteiger charge is 2.34. The molecule has 30 heavy (non-hydrogen) atoms. The number of aromatic nitrogens is 2. The number of carbonyl (C=O) groups is 1. The Hall–Kier alpha value is -3.24. The molecule has 0 fully saturated rings. The Morgan fingerprint density at radius 2 is 2.07 bits per heavy atom. The standard InChI is InChI=1S/C20H25FN8O/c1-28(2)10-9-23-20-22-8-7-17(24-20)29-11-15-16(12-29)26-27-18(15)25-19(30)13-3-5-14(21)6-4-13/h3-8,18,26-27H,9-12H2,1-2H3,(H,25,30)(H,22,23,24). The molecule has 3 heterocycles. The molecule has 158 valence electrons. The Morgan fingerprint density at radius 3 is 2.83 bits per heavy atom. The fourth-order valence-electron chi connectivity index (χ4n) is 3.38. The van der Waals surface area contributed by atoms with E-state index in [9.17, 15) is 9.18 Å². The maximum absolute atomic E-state index is 13.1. The normalized spacial score (nSPS) is 17.9. The summed E-state index contributed by atoms with van der Waals surface area (Å²) in [6.07, 6.45) is 1.39. The zero-order valence-electron chi connectivity index (χ0n) is 16.9. The van der Waals surface area contributed by atoms with Gasteiger partial charge < -0.3 is 25.9 Å². The minimum absolute atomic E-state index is 0.268. The number of likely N-dealkylation sites (N-methyl/N-ethyl adjacent to an activating group) is 1. The molecule has 0 saturated heterocycles. The van der Waals surface area contributed by atoms with E-state index in [2.05, 4.69) is 41.3 Å². The van der Waals surface area contributed by atoms with Gasteiger partial charge >= 0.3 is 0 Å². The summed E-state index contributed by atoms with van der Waals surface area (Å²) in [6, 6.07) is 7.36. The van der Waals surface area contributed by atoms with Gasteiger partial charge in [0.05, 0.1) is 12.2 Å². The topological polar surface area (TPSA) is 97.5 Å². The van der Waals surface area contributed by atoms with E-state index in [0.29, 0.717) is 24.6 Å². The SMILES string of the molecule is CN(C)CCNc1nccc(N2CC3=C(C2)C(NC(=O)c2ccc(F)cc2)NN3)n1. The van der Waals surface area contributed by atoms with Crippen LogP contribution in [-0.2, 0) is 0 Å². The van der Waals surface area contributed by atoms with Gasteiger partial charge in [0.15, 0.2) is 0 Å². The monoisotopic (exact) mass is 412 g/mol. The van der Waals surface area contributed by atoms with Crippen LogP contribution in [-0.4, -0.2) is 67.2 Å². The molecule has 0 radical (unpaired) electrons. The molecule has 0 aliphatic carbocycles. The van der Waals surface area contributed by atoms with Crippen LogP contribution in [0.5, 0.6) is 0 Å². The van der Waals surface area contributed by atoms with Gasteiger partial charge in [-0.05, 0) is 44.4 Å². The van der Waals surface area contributed by atoms with Crippen molar-refractivity contribution in [3.63, 3.8) is 0 Å². The van der Waals surface area contributed by atoms with Gasteiger partial charge in [-0.25, -0.2) is 14.8 Å². The summed E-state index contributed by atoms with van der Waals surface area (Å²) in [5, 5.41) is 6.17. The van der Waals surface area contributed by atoms with E-state index in [-0.39, 0.29) is 17.9 Å². The number of halogens is 1. The zero-order chi connectivity index (χ0) is 21.1.